The van der Waals surface area contributed by atoms with Crippen LogP contribution in [0, 0.1) is 0 Å². The van der Waals surface area contributed by atoms with E-state index in [-0.39, 0.29) is 24.8 Å². The number of amides is 2. The van der Waals surface area contributed by atoms with Crippen LogP contribution in [0.4, 0.5) is 0 Å². The first-order valence-corrected chi connectivity index (χ1v) is 9.29. The Morgan fingerprint density at radius 2 is 2.00 bits per heavy atom. The summed E-state index contributed by atoms with van der Waals surface area (Å²) in [5, 5.41) is 17.3. The minimum absolute atomic E-state index is 0.0723. The second-order valence-corrected chi connectivity index (χ2v) is 7.75. The lowest BCUT2D eigenvalue weighted by molar-refractivity contribution is -0.135. The third-order valence-electron chi connectivity index (χ3n) is 4.89. The Morgan fingerprint density at radius 3 is 2.74 bits per heavy atom. The number of carbonyl (C=O) groups excluding carboxylic acids is 2. The van der Waals surface area contributed by atoms with Crippen LogP contribution in [0.2, 0.25) is 0 Å². The molecule has 1 heterocycles. The van der Waals surface area contributed by atoms with Crippen molar-refractivity contribution in [1.82, 2.24) is 15.5 Å². The highest BCUT2D eigenvalue weighted by molar-refractivity contribution is 5.89. The zero-order chi connectivity index (χ0) is 19.4. The summed E-state index contributed by atoms with van der Waals surface area (Å²) in [6.07, 6.45) is 0.0723. The van der Waals surface area contributed by atoms with Crippen molar-refractivity contribution in [2.45, 2.75) is 38.4 Å². The van der Waals surface area contributed by atoms with E-state index in [1.54, 1.807) is 13.8 Å². The fourth-order valence-corrected chi connectivity index (χ4v) is 3.39. The first kappa shape index (κ1) is 19.3. The topological polar surface area (TPSA) is 81.7 Å². The van der Waals surface area contributed by atoms with Gasteiger partial charge in [0, 0.05) is 19.6 Å². The lowest BCUT2D eigenvalue weighted by Gasteiger charge is -2.35. The highest BCUT2D eigenvalue weighted by Gasteiger charge is 2.32. The normalized spacial score (nSPS) is 18.3. The van der Waals surface area contributed by atoms with Crippen molar-refractivity contribution in [2.24, 2.45) is 0 Å². The van der Waals surface area contributed by atoms with Gasteiger partial charge in [-0.1, -0.05) is 36.4 Å². The van der Waals surface area contributed by atoms with Crippen molar-refractivity contribution in [2.75, 3.05) is 19.7 Å². The van der Waals surface area contributed by atoms with Crippen molar-refractivity contribution in [3.63, 3.8) is 0 Å². The molecule has 27 heavy (non-hydrogen) atoms. The van der Waals surface area contributed by atoms with Crippen molar-refractivity contribution >= 4 is 22.6 Å². The van der Waals surface area contributed by atoms with Gasteiger partial charge in [-0.05, 0) is 36.2 Å². The number of nitrogens with one attached hydrogen (secondary N) is 2. The highest BCUT2D eigenvalue weighted by Crippen LogP contribution is 2.19. The first-order chi connectivity index (χ1) is 12.9. The van der Waals surface area contributed by atoms with E-state index in [0.717, 1.165) is 10.9 Å². The van der Waals surface area contributed by atoms with E-state index in [1.807, 2.05) is 12.1 Å². The van der Waals surface area contributed by atoms with Crippen LogP contribution in [0.25, 0.3) is 10.8 Å². The maximum atomic E-state index is 12.4. The van der Waals surface area contributed by atoms with Crippen LogP contribution in [-0.4, -0.2) is 53.1 Å². The van der Waals surface area contributed by atoms with Gasteiger partial charge in [0.05, 0.1) is 24.6 Å². The number of aliphatic hydroxyl groups excluding tert-OH is 1. The number of benzene rings is 2. The lowest BCUT2D eigenvalue weighted by Crippen LogP contribution is -2.57. The summed E-state index contributed by atoms with van der Waals surface area (Å²) in [5.41, 5.74) is 0.412. The minimum atomic E-state index is -0.703. The Labute approximate surface area is 159 Å². The van der Waals surface area contributed by atoms with E-state index in [4.69, 9.17) is 0 Å². The summed E-state index contributed by atoms with van der Waals surface area (Å²) in [6.45, 7) is 5.22. The van der Waals surface area contributed by atoms with E-state index in [0.29, 0.717) is 19.6 Å². The minimum Gasteiger partial charge on any atom is -0.394 e. The number of rotatable bonds is 6. The third kappa shape index (κ3) is 4.84. The average molecular weight is 369 g/mol. The van der Waals surface area contributed by atoms with Gasteiger partial charge in [-0.3, -0.25) is 14.5 Å². The lowest BCUT2D eigenvalue weighted by atomic mass is 10.0. The van der Waals surface area contributed by atoms with E-state index in [1.165, 1.54) is 5.39 Å². The maximum absolute atomic E-state index is 12.4. The zero-order valence-corrected chi connectivity index (χ0v) is 15.9. The van der Waals surface area contributed by atoms with Gasteiger partial charge in [0.15, 0.2) is 0 Å². The van der Waals surface area contributed by atoms with Crippen molar-refractivity contribution in [3.05, 3.63) is 48.0 Å². The fourth-order valence-electron chi connectivity index (χ4n) is 3.39. The summed E-state index contributed by atoms with van der Waals surface area (Å²) in [6, 6.07) is 13.9. The SMILES string of the molecule is CC(C)(CO)NC(=O)C[C@H]1C(=O)NCCN1Cc1ccc2ccccc2c1. The number of aliphatic hydroxyl groups is 1. The number of carbonyl (C=O) groups is 2. The Balaban J connectivity index is 1.73. The van der Waals surface area contributed by atoms with E-state index in [9.17, 15) is 14.7 Å². The molecule has 1 atom stereocenters. The van der Waals surface area contributed by atoms with Gasteiger partial charge in [-0.25, -0.2) is 0 Å². The monoisotopic (exact) mass is 369 g/mol. The molecule has 6 nitrogen and oxygen atoms in total. The molecule has 3 rings (SSSR count). The molecule has 0 bridgehead atoms. The van der Waals surface area contributed by atoms with Gasteiger partial charge in [-0.15, -0.1) is 0 Å². The number of hydrogen-bond donors (Lipinski definition) is 3. The number of fused-ring (bicyclic) bond motifs is 1. The summed E-state index contributed by atoms with van der Waals surface area (Å²) >= 11 is 0. The van der Waals surface area contributed by atoms with Gasteiger partial charge >= 0.3 is 0 Å². The third-order valence-corrected chi connectivity index (χ3v) is 4.89. The molecular weight excluding hydrogens is 342 g/mol. The molecule has 6 heteroatoms. The van der Waals surface area contributed by atoms with Crippen LogP contribution >= 0.6 is 0 Å². The molecule has 1 fully saturated rings. The zero-order valence-electron chi connectivity index (χ0n) is 15.9. The van der Waals surface area contributed by atoms with E-state index < -0.39 is 11.6 Å². The number of hydrogen-bond acceptors (Lipinski definition) is 4. The molecule has 0 radical (unpaired) electrons. The predicted octanol–water partition coefficient (Wildman–Crippen LogP) is 1.42. The highest BCUT2D eigenvalue weighted by atomic mass is 16.3. The van der Waals surface area contributed by atoms with Crippen molar-refractivity contribution < 1.29 is 14.7 Å². The molecule has 144 valence electrons. The summed E-state index contributed by atoms with van der Waals surface area (Å²) < 4.78 is 0. The molecule has 2 amide bonds. The number of nitrogens with zero attached hydrogens (tertiary/aromatic N) is 1. The molecule has 2 aromatic rings. The second-order valence-electron chi connectivity index (χ2n) is 7.75. The molecule has 0 aromatic heterocycles. The molecule has 1 saturated heterocycles. The van der Waals surface area contributed by atoms with Gasteiger partial charge in [0.1, 0.15) is 0 Å². The Morgan fingerprint density at radius 1 is 1.26 bits per heavy atom. The Hall–Kier alpha value is -2.44. The summed E-state index contributed by atoms with van der Waals surface area (Å²) in [5.74, 6) is -0.362. The molecule has 1 aliphatic heterocycles. The van der Waals surface area contributed by atoms with E-state index >= 15 is 0 Å². The summed E-state index contributed by atoms with van der Waals surface area (Å²) in [7, 11) is 0. The molecular formula is C21H27N3O3. The quantitative estimate of drug-likeness (QED) is 0.719. The number of piperazine rings is 1. The van der Waals surface area contributed by atoms with Crippen LogP contribution in [-0.2, 0) is 16.1 Å². The average Bonchev–Trinajstić information content (AvgIpc) is 2.64. The Kier molecular flexibility index (Phi) is 5.77. The fraction of sp³-hybridized carbons (Fsp3) is 0.429. The van der Waals surface area contributed by atoms with Crippen LogP contribution in [0.15, 0.2) is 42.5 Å². The summed E-state index contributed by atoms with van der Waals surface area (Å²) in [4.78, 5) is 26.8. The molecule has 0 spiro atoms. The molecule has 3 N–H and O–H groups in total. The largest absolute Gasteiger partial charge is 0.394 e. The second kappa shape index (κ2) is 8.06. The maximum Gasteiger partial charge on any atom is 0.237 e. The molecule has 1 aliphatic rings. The van der Waals surface area contributed by atoms with Gasteiger partial charge in [-0.2, -0.15) is 0 Å². The molecule has 0 saturated carbocycles. The Bertz CT molecular complexity index is 834. The molecule has 0 aliphatic carbocycles. The predicted molar refractivity (Wildman–Crippen MR) is 105 cm³/mol. The van der Waals surface area contributed by atoms with Gasteiger partial charge in [0.2, 0.25) is 11.8 Å². The van der Waals surface area contributed by atoms with Gasteiger partial charge in [0.25, 0.3) is 0 Å². The van der Waals surface area contributed by atoms with Gasteiger partial charge < -0.3 is 15.7 Å². The smallest absolute Gasteiger partial charge is 0.237 e. The van der Waals surface area contributed by atoms with Crippen molar-refractivity contribution in [1.29, 1.82) is 0 Å². The van der Waals surface area contributed by atoms with E-state index in [2.05, 4.69) is 45.9 Å². The standard InChI is InChI=1S/C21H27N3O3/c1-21(2,14-25)23-19(26)12-18-20(27)22-9-10-24(18)13-15-7-8-16-5-3-4-6-17(16)11-15/h3-8,11,18,25H,9-10,12-14H2,1-2H3,(H,22,27)(H,23,26)/t18-/m0/s1. The van der Waals surface area contributed by atoms with Crippen LogP contribution in [0.3, 0.4) is 0 Å². The van der Waals surface area contributed by atoms with Crippen LogP contribution in [0.5, 0.6) is 0 Å². The van der Waals surface area contributed by atoms with Crippen molar-refractivity contribution in [3.8, 4) is 0 Å². The molecule has 0 unspecified atom stereocenters. The first-order valence-electron chi connectivity index (χ1n) is 9.29. The molecule has 2 aromatic carbocycles. The van der Waals surface area contributed by atoms with Crippen LogP contribution in [0.1, 0.15) is 25.8 Å². The van der Waals surface area contributed by atoms with Crippen LogP contribution < -0.4 is 10.6 Å².